The lowest BCUT2D eigenvalue weighted by Gasteiger charge is -2.45. The van der Waals surface area contributed by atoms with Crippen molar-refractivity contribution in [2.75, 3.05) is 25.1 Å². The van der Waals surface area contributed by atoms with Crippen LogP contribution in [-0.2, 0) is 21.5 Å². The van der Waals surface area contributed by atoms with Gasteiger partial charge in [0.15, 0.2) is 0 Å². The lowest BCUT2D eigenvalue weighted by Crippen LogP contribution is -2.65. The van der Waals surface area contributed by atoms with Gasteiger partial charge in [0.05, 0.1) is 43.6 Å². The number of rotatable bonds is 3. The molecule has 2 aliphatic rings. The molecule has 35 heavy (non-hydrogen) atoms. The lowest BCUT2D eigenvalue weighted by molar-refractivity contribution is -0.128. The van der Waals surface area contributed by atoms with E-state index in [0.29, 0.717) is 0 Å². The Bertz CT molecular complexity index is 1480. The first-order chi connectivity index (χ1) is 17.0. The molecule has 0 N–H and O–H groups in total. The van der Waals surface area contributed by atoms with E-state index in [-0.39, 0.29) is 25.5 Å². The summed E-state index contributed by atoms with van der Waals surface area (Å²) in [5, 5.41) is 10.0. The van der Waals surface area contributed by atoms with Gasteiger partial charge in [-0.3, -0.25) is 14.8 Å². The van der Waals surface area contributed by atoms with Gasteiger partial charge in [0.25, 0.3) is 0 Å². The average molecular weight is 467 g/mol. The van der Waals surface area contributed by atoms with E-state index in [9.17, 15) is 9.59 Å². The molecule has 0 atom stereocenters. The van der Waals surface area contributed by atoms with Crippen molar-refractivity contribution < 1.29 is 14.3 Å². The summed E-state index contributed by atoms with van der Waals surface area (Å²) < 4.78 is 4.85. The Morgan fingerprint density at radius 1 is 1.09 bits per heavy atom. The van der Waals surface area contributed by atoms with Crippen LogP contribution < -0.4 is 4.90 Å². The van der Waals surface area contributed by atoms with Crippen molar-refractivity contribution in [3.8, 4) is 11.1 Å². The van der Waals surface area contributed by atoms with Crippen molar-refractivity contribution >= 4 is 28.5 Å². The summed E-state index contributed by atoms with van der Waals surface area (Å²) in [5.41, 5.74) is 4.51. The summed E-state index contributed by atoms with van der Waals surface area (Å²) in [6.45, 7) is 2.86. The first-order valence-corrected chi connectivity index (χ1v) is 11.3. The van der Waals surface area contributed by atoms with Gasteiger partial charge in [-0.2, -0.15) is 10.2 Å². The van der Waals surface area contributed by atoms with Crippen LogP contribution in [0.1, 0.15) is 16.8 Å². The van der Waals surface area contributed by atoms with Crippen LogP contribution >= 0.6 is 0 Å². The van der Waals surface area contributed by atoms with Crippen molar-refractivity contribution in [2.24, 2.45) is 0 Å². The fourth-order valence-electron chi connectivity index (χ4n) is 5.23. The standard InChI is InChI=1S/C26H22N6O3/c1-16-3-4-19-18(9-16)10-28-21(23(19)17-5-8-29-30-11-17)13-32-22-12-27-7-6-20(22)26(24(32)33)14-31(15-26)25(34)35-2/h3-12H,13-15H2,1-2H3. The SMILES string of the molecule is COC(=O)N1CC2(C1)C(=O)N(Cc1ncc3cc(C)ccc3c1-c1ccnnc1)c1cnccc12. The Kier molecular flexibility index (Phi) is 4.73. The number of aromatic nitrogens is 4. The molecule has 1 saturated heterocycles. The Balaban J connectivity index is 1.44. The zero-order valence-electron chi connectivity index (χ0n) is 19.3. The minimum absolute atomic E-state index is 0.0646. The van der Waals surface area contributed by atoms with Crippen LogP contribution in [0.4, 0.5) is 10.5 Å². The van der Waals surface area contributed by atoms with Crippen LogP contribution in [0.3, 0.4) is 0 Å². The summed E-state index contributed by atoms with van der Waals surface area (Å²) in [7, 11) is 1.34. The fraction of sp³-hybridized carbons (Fsp3) is 0.231. The lowest BCUT2D eigenvalue weighted by atomic mass is 9.75. The molecule has 1 fully saturated rings. The summed E-state index contributed by atoms with van der Waals surface area (Å²) in [6.07, 6.45) is 8.17. The van der Waals surface area contributed by atoms with Gasteiger partial charge in [0.1, 0.15) is 5.41 Å². The molecule has 5 heterocycles. The number of pyridine rings is 2. The van der Waals surface area contributed by atoms with E-state index in [1.807, 2.05) is 25.3 Å². The topological polar surface area (TPSA) is 101 Å². The fourth-order valence-corrected chi connectivity index (χ4v) is 5.23. The van der Waals surface area contributed by atoms with Gasteiger partial charge in [-0.15, -0.1) is 0 Å². The molecule has 4 aromatic rings. The number of ether oxygens (including phenoxy) is 1. The van der Waals surface area contributed by atoms with E-state index in [2.05, 4.69) is 33.4 Å². The highest BCUT2D eigenvalue weighted by Crippen LogP contribution is 2.48. The zero-order chi connectivity index (χ0) is 24.2. The van der Waals surface area contributed by atoms with Crippen LogP contribution in [0, 0.1) is 6.92 Å². The number of hydrogen-bond donors (Lipinski definition) is 0. The van der Waals surface area contributed by atoms with E-state index in [1.165, 1.54) is 12.0 Å². The summed E-state index contributed by atoms with van der Waals surface area (Å²) in [5.74, 6) is -0.0646. The molecule has 0 saturated carbocycles. The molecule has 3 aromatic heterocycles. The molecule has 0 aliphatic carbocycles. The highest BCUT2D eigenvalue weighted by molar-refractivity contribution is 6.10. The second-order valence-electron chi connectivity index (χ2n) is 8.99. The Morgan fingerprint density at radius 3 is 2.71 bits per heavy atom. The van der Waals surface area contributed by atoms with E-state index in [1.54, 1.807) is 29.7 Å². The number of fused-ring (bicyclic) bond motifs is 3. The first kappa shape index (κ1) is 21.2. The number of anilines is 1. The van der Waals surface area contributed by atoms with Gasteiger partial charge in [-0.05, 0) is 36.1 Å². The first-order valence-electron chi connectivity index (χ1n) is 11.3. The molecule has 0 radical (unpaired) electrons. The minimum atomic E-state index is -0.793. The summed E-state index contributed by atoms with van der Waals surface area (Å²) in [6, 6.07) is 10.0. The molecule has 2 amide bonds. The third-order valence-electron chi connectivity index (χ3n) is 6.92. The van der Waals surface area contributed by atoms with Crippen molar-refractivity contribution in [1.29, 1.82) is 0 Å². The molecule has 0 unspecified atom stereocenters. The maximum absolute atomic E-state index is 13.9. The van der Waals surface area contributed by atoms with Crippen molar-refractivity contribution in [2.45, 2.75) is 18.9 Å². The van der Waals surface area contributed by atoms with Crippen LogP contribution in [-0.4, -0.2) is 57.3 Å². The molecule has 9 nitrogen and oxygen atoms in total. The Hall–Kier alpha value is -4.40. The number of methoxy groups -OCH3 is 1. The van der Waals surface area contributed by atoms with Crippen molar-refractivity contribution in [3.05, 3.63) is 78.1 Å². The molecular weight excluding hydrogens is 444 g/mol. The maximum Gasteiger partial charge on any atom is 0.409 e. The Labute approximate surface area is 201 Å². The largest absolute Gasteiger partial charge is 0.453 e. The van der Waals surface area contributed by atoms with E-state index in [0.717, 1.165) is 44.4 Å². The monoisotopic (exact) mass is 466 g/mol. The second kappa shape index (κ2) is 7.83. The highest BCUT2D eigenvalue weighted by Gasteiger charge is 2.59. The van der Waals surface area contributed by atoms with Crippen molar-refractivity contribution in [1.82, 2.24) is 25.1 Å². The van der Waals surface area contributed by atoms with E-state index in [4.69, 9.17) is 9.72 Å². The van der Waals surface area contributed by atoms with Crippen LogP contribution in [0.25, 0.3) is 21.9 Å². The minimum Gasteiger partial charge on any atom is -0.453 e. The van der Waals surface area contributed by atoms with Gasteiger partial charge < -0.3 is 14.5 Å². The Morgan fingerprint density at radius 2 is 1.94 bits per heavy atom. The number of nitrogens with zero attached hydrogens (tertiary/aromatic N) is 6. The molecule has 9 heteroatoms. The average Bonchev–Trinajstić information content (AvgIpc) is 3.11. The smallest absolute Gasteiger partial charge is 0.409 e. The second-order valence-corrected chi connectivity index (χ2v) is 8.99. The van der Waals surface area contributed by atoms with Gasteiger partial charge in [0, 0.05) is 42.0 Å². The third-order valence-corrected chi connectivity index (χ3v) is 6.92. The molecule has 1 spiro atoms. The maximum atomic E-state index is 13.9. The summed E-state index contributed by atoms with van der Waals surface area (Å²) in [4.78, 5) is 38.2. The van der Waals surface area contributed by atoms with Crippen LogP contribution in [0.15, 0.2) is 61.3 Å². The van der Waals surface area contributed by atoms with E-state index >= 15 is 0 Å². The molecular formula is C26H22N6O3. The number of likely N-dealkylation sites (tertiary alicyclic amines) is 1. The highest BCUT2D eigenvalue weighted by atomic mass is 16.5. The number of carbonyl (C=O) groups excluding carboxylic acids is 2. The van der Waals surface area contributed by atoms with Crippen LogP contribution in [0.5, 0.6) is 0 Å². The van der Waals surface area contributed by atoms with Gasteiger partial charge in [0.2, 0.25) is 5.91 Å². The van der Waals surface area contributed by atoms with Gasteiger partial charge in [-0.25, -0.2) is 4.79 Å². The van der Waals surface area contributed by atoms with E-state index < -0.39 is 11.5 Å². The number of hydrogen-bond acceptors (Lipinski definition) is 7. The molecule has 6 rings (SSSR count). The third kappa shape index (κ3) is 3.15. The van der Waals surface area contributed by atoms with Gasteiger partial charge >= 0.3 is 6.09 Å². The predicted molar refractivity (Wildman–Crippen MR) is 129 cm³/mol. The summed E-state index contributed by atoms with van der Waals surface area (Å²) >= 11 is 0. The number of benzene rings is 1. The normalized spacial score (nSPS) is 15.9. The molecule has 1 aromatic carbocycles. The van der Waals surface area contributed by atoms with Crippen molar-refractivity contribution in [3.63, 3.8) is 0 Å². The number of amides is 2. The number of carbonyl (C=O) groups is 2. The number of aryl methyl sites for hydroxylation is 1. The predicted octanol–water partition coefficient (Wildman–Crippen LogP) is 3.26. The molecule has 0 bridgehead atoms. The zero-order valence-corrected chi connectivity index (χ0v) is 19.3. The van der Waals surface area contributed by atoms with Crippen LogP contribution in [0.2, 0.25) is 0 Å². The molecule has 2 aliphatic heterocycles. The quantitative estimate of drug-likeness (QED) is 0.457. The molecule has 174 valence electrons. The van der Waals surface area contributed by atoms with Gasteiger partial charge in [-0.1, -0.05) is 17.7 Å².